The maximum Gasteiger partial charge on any atom is 0.339 e. The molecule has 192 valence electrons. The summed E-state index contributed by atoms with van der Waals surface area (Å²) >= 11 is 5.89. The van der Waals surface area contributed by atoms with Gasteiger partial charge in [-0.2, -0.15) is 0 Å². The third-order valence-corrected chi connectivity index (χ3v) is 6.91. The summed E-state index contributed by atoms with van der Waals surface area (Å²) in [6.45, 7) is 1.82. The summed E-state index contributed by atoms with van der Waals surface area (Å²) in [6.07, 6.45) is 1.84. The molecule has 2 N–H and O–H groups in total. The summed E-state index contributed by atoms with van der Waals surface area (Å²) in [5, 5.41) is 14.3. The Labute approximate surface area is 222 Å². The molecule has 0 saturated heterocycles. The highest BCUT2D eigenvalue weighted by molar-refractivity contribution is 6.30. The minimum absolute atomic E-state index is 0.0648. The Hall–Kier alpha value is -4.36. The molecule has 7 nitrogen and oxygen atoms in total. The van der Waals surface area contributed by atoms with Gasteiger partial charge in [-0.1, -0.05) is 54.1 Å². The van der Waals surface area contributed by atoms with Crippen LogP contribution in [0.25, 0.3) is 33.1 Å². The summed E-state index contributed by atoms with van der Waals surface area (Å²) in [5.41, 5.74) is 4.21. The van der Waals surface area contributed by atoms with Crippen LogP contribution in [0.5, 0.6) is 0 Å². The highest BCUT2D eigenvalue weighted by atomic mass is 35.5. The topological polar surface area (TPSA) is 110 Å². The predicted molar refractivity (Wildman–Crippen MR) is 145 cm³/mol. The summed E-state index contributed by atoms with van der Waals surface area (Å²) in [7, 11) is 0. The first-order valence-corrected chi connectivity index (χ1v) is 12.5. The van der Waals surface area contributed by atoms with Crippen molar-refractivity contribution in [1.29, 1.82) is 0 Å². The number of hydrogen-bond acceptors (Lipinski definition) is 5. The van der Waals surface area contributed by atoms with E-state index in [0.717, 1.165) is 27.5 Å². The van der Waals surface area contributed by atoms with E-state index in [1.165, 1.54) is 0 Å². The first kappa shape index (κ1) is 25.3. The number of aliphatic carboxylic acids is 1. The zero-order valence-corrected chi connectivity index (χ0v) is 21.2. The number of aryl methyl sites for hydroxylation is 1. The number of carbonyl (C=O) groups excluding carboxylic acids is 1. The van der Waals surface area contributed by atoms with Gasteiger partial charge in [0.25, 0.3) is 0 Å². The predicted octanol–water partition coefficient (Wildman–Crippen LogP) is 5.91. The molecular formula is C30H24ClNO6. The first-order valence-electron chi connectivity index (χ1n) is 12.1. The molecule has 38 heavy (non-hydrogen) atoms. The number of carboxylic acid groups (broad SMARTS) is 1. The summed E-state index contributed by atoms with van der Waals surface area (Å²) in [4.78, 5) is 37.2. The number of furan rings is 1. The molecule has 5 aromatic rings. The minimum atomic E-state index is -1.15. The van der Waals surface area contributed by atoms with Crippen molar-refractivity contribution >= 4 is 45.4 Å². The Morgan fingerprint density at radius 1 is 1.00 bits per heavy atom. The van der Waals surface area contributed by atoms with E-state index in [9.17, 15) is 19.5 Å². The van der Waals surface area contributed by atoms with Gasteiger partial charge in [0, 0.05) is 45.8 Å². The number of halogens is 1. The van der Waals surface area contributed by atoms with Gasteiger partial charge in [0.1, 0.15) is 17.2 Å². The third-order valence-electron chi connectivity index (χ3n) is 6.65. The van der Waals surface area contributed by atoms with Crippen molar-refractivity contribution in [2.45, 2.75) is 32.2 Å². The van der Waals surface area contributed by atoms with Gasteiger partial charge >= 0.3 is 11.6 Å². The SMILES string of the molecule is Cc1c(CCC(=O)N[C@@H](Cc2ccc(Cl)cc2)C(=O)O)c(=O)oc2cc3occ(-c4ccccc4)c3cc12. The third kappa shape index (κ3) is 5.19. The van der Waals surface area contributed by atoms with Crippen LogP contribution < -0.4 is 10.9 Å². The van der Waals surface area contributed by atoms with Crippen LogP contribution in [0, 0.1) is 6.92 Å². The largest absolute Gasteiger partial charge is 0.480 e. The van der Waals surface area contributed by atoms with Crippen LogP contribution in [0.1, 0.15) is 23.1 Å². The fraction of sp³-hybridized carbons (Fsp3) is 0.167. The van der Waals surface area contributed by atoms with Gasteiger partial charge in [-0.25, -0.2) is 9.59 Å². The molecule has 0 aliphatic heterocycles. The normalized spacial score (nSPS) is 12.1. The number of amides is 1. The van der Waals surface area contributed by atoms with E-state index in [0.29, 0.717) is 27.3 Å². The number of benzene rings is 3. The molecule has 3 aromatic carbocycles. The summed E-state index contributed by atoms with van der Waals surface area (Å²) in [6, 6.07) is 19.1. The molecule has 1 amide bonds. The van der Waals surface area contributed by atoms with Crippen molar-refractivity contribution in [3.63, 3.8) is 0 Å². The van der Waals surface area contributed by atoms with E-state index >= 15 is 0 Å². The lowest BCUT2D eigenvalue weighted by atomic mass is 9.98. The van der Waals surface area contributed by atoms with Crippen LogP contribution in [0.3, 0.4) is 0 Å². The fourth-order valence-electron chi connectivity index (χ4n) is 4.60. The van der Waals surface area contributed by atoms with Crippen molar-refractivity contribution in [3.05, 3.63) is 105 Å². The molecule has 0 unspecified atom stereocenters. The van der Waals surface area contributed by atoms with Gasteiger partial charge in [-0.05, 0) is 48.2 Å². The van der Waals surface area contributed by atoms with Crippen molar-refractivity contribution in [2.75, 3.05) is 0 Å². The highest BCUT2D eigenvalue weighted by Crippen LogP contribution is 2.34. The summed E-state index contributed by atoms with van der Waals surface area (Å²) < 4.78 is 11.3. The van der Waals surface area contributed by atoms with Crippen LogP contribution in [0.2, 0.25) is 5.02 Å². The van der Waals surface area contributed by atoms with E-state index in [-0.39, 0.29) is 19.3 Å². The van der Waals surface area contributed by atoms with Crippen LogP contribution in [0.15, 0.2) is 86.6 Å². The zero-order chi connectivity index (χ0) is 26.8. The molecule has 1 atom stereocenters. The Bertz CT molecular complexity index is 1700. The smallest absolute Gasteiger partial charge is 0.339 e. The molecular weight excluding hydrogens is 506 g/mol. The molecule has 0 fully saturated rings. The molecule has 0 aliphatic rings. The molecule has 0 bridgehead atoms. The average Bonchev–Trinajstić information content (AvgIpc) is 3.31. The second-order valence-electron chi connectivity index (χ2n) is 9.14. The standard InChI is InChI=1S/C30H24ClNO6/c1-17-21(11-12-28(33)32-25(29(34)35)13-18-7-9-20(31)10-8-18)30(36)38-27-15-26-23(14-22(17)27)24(16-37-26)19-5-3-2-4-6-19/h2-10,14-16,25H,11-13H2,1H3,(H,32,33)(H,34,35)/t25-/m0/s1. The minimum Gasteiger partial charge on any atom is -0.480 e. The molecule has 0 saturated carbocycles. The van der Waals surface area contributed by atoms with Crippen LogP contribution >= 0.6 is 11.6 Å². The fourth-order valence-corrected chi connectivity index (χ4v) is 4.73. The number of fused-ring (bicyclic) bond motifs is 2. The number of carbonyl (C=O) groups is 2. The van der Waals surface area contributed by atoms with Gasteiger partial charge in [-0.3, -0.25) is 4.79 Å². The van der Waals surface area contributed by atoms with Gasteiger partial charge in [-0.15, -0.1) is 0 Å². The molecule has 0 aliphatic carbocycles. The van der Waals surface area contributed by atoms with Gasteiger partial charge in [0.05, 0.1) is 6.26 Å². The second kappa shape index (κ2) is 10.6. The van der Waals surface area contributed by atoms with E-state index in [2.05, 4.69) is 5.32 Å². The zero-order valence-electron chi connectivity index (χ0n) is 20.5. The Kier molecular flexibility index (Phi) is 7.03. The van der Waals surface area contributed by atoms with Crippen molar-refractivity contribution in [1.82, 2.24) is 5.32 Å². The molecule has 0 spiro atoms. The molecule has 2 heterocycles. The quantitative estimate of drug-likeness (QED) is 0.242. The number of carboxylic acids is 1. The Morgan fingerprint density at radius 2 is 1.74 bits per heavy atom. The van der Waals surface area contributed by atoms with Crippen LogP contribution in [0.4, 0.5) is 0 Å². The van der Waals surface area contributed by atoms with Crippen molar-refractivity contribution < 1.29 is 23.5 Å². The monoisotopic (exact) mass is 529 g/mol. The van der Waals surface area contributed by atoms with Crippen LogP contribution in [-0.2, 0) is 22.4 Å². The number of nitrogens with one attached hydrogen (secondary N) is 1. The average molecular weight is 530 g/mol. The number of rotatable bonds is 8. The molecule has 2 aromatic heterocycles. The van der Waals surface area contributed by atoms with E-state index < -0.39 is 23.5 Å². The maximum absolute atomic E-state index is 12.8. The van der Waals surface area contributed by atoms with Crippen molar-refractivity contribution in [2.24, 2.45) is 0 Å². The first-order chi connectivity index (χ1) is 18.3. The van der Waals surface area contributed by atoms with E-state index in [1.54, 1.807) is 36.6 Å². The van der Waals surface area contributed by atoms with Gasteiger partial charge in [0.2, 0.25) is 5.91 Å². The van der Waals surface area contributed by atoms with Gasteiger partial charge in [0.15, 0.2) is 0 Å². The highest BCUT2D eigenvalue weighted by Gasteiger charge is 2.22. The lowest BCUT2D eigenvalue weighted by molar-refractivity contribution is -0.141. The van der Waals surface area contributed by atoms with Gasteiger partial charge < -0.3 is 19.3 Å². The van der Waals surface area contributed by atoms with E-state index in [4.69, 9.17) is 20.4 Å². The van der Waals surface area contributed by atoms with Crippen molar-refractivity contribution in [3.8, 4) is 11.1 Å². The lowest BCUT2D eigenvalue weighted by Gasteiger charge is -2.15. The Balaban J connectivity index is 1.37. The maximum atomic E-state index is 12.8. The molecule has 8 heteroatoms. The molecule has 0 radical (unpaired) electrons. The second-order valence-corrected chi connectivity index (χ2v) is 9.58. The van der Waals surface area contributed by atoms with Crippen LogP contribution in [-0.4, -0.2) is 23.0 Å². The Morgan fingerprint density at radius 3 is 2.45 bits per heavy atom. The summed E-state index contributed by atoms with van der Waals surface area (Å²) in [5.74, 6) is -1.62. The lowest BCUT2D eigenvalue weighted by Crippen LogP contribution is -2.42. The molecule has 5 rings (SSSR count). The van der Waals surface area contributed by atoms with E-state index in [1.807, 2.05) is 43.3 Å². The number of hydrogen-bond donors (Lipinski definition) is 2.